The van der Waals surface area contributed by atoms with Crippen molar-refractivity contribution >= 4 is 0 Å². The molecule has 18 heavy (non-hydrogen) atoms. The molecular formula is C16H15F2. The first kappa shape index (κ1) is 12.7. The summed E-state index contributed by atoms with van der Waals surface area (Å²) >= 11 is 0. The highest BCUT2D eigenvalue weighted by Gasteiger charge is 1.97. The maximum Gasteiger partial charge on any atom is 0.123 e. The minimum atomic E-state index is -0.204. The summed E-state index contributed by atoms with van der Waals surface area (Å²) in [6.45, 7) is 0. The van der Waals surface area contributed by atoms with Crippen LogP contribution in [0.2, 0.25) is 0 Å². The predicted octanol–water partition coefficient (Wildman–Crippen LogP) is 4.34. The van der Waals surface area contributed by atoms with Gasteiger partial charge in [-0.3, -0.25) is 0 Å². The lowest BCUT2D eigenvalue weighted by Gasteiger charge is -2.02. The Labute approximate surface area is 106 Å². The van der Waals surface area contributed by atoms with Gasteiger partial charge in [-0.1, -0.05) is 24.3 Å². The Morgan fingerprint density at radius 3 is 1.78 bits per heavy atom. The summed E-state index contributed by atoms with van der Waals surface area (Å²) in [5, 5.41) is 0. The summed E-state index contributed by atoms with van der Waals surface area (Å²) in [6, 6.07) is 13.1. The van der Waals surface area contributed by atoms with Gasteiger partial charge in [-0.2, -0.15) is 0 Å². The van der Waals surface area contributed by atoms with Gasteiger partial charge in [-0.25, -0.2) is 8.78 Å². The third-order valence-electron chi connectivity index (χ3n) is 2.84. The number of halogens is 2. The molecular weight excluding hydrogens is 230 g/mol. The van der Waals surface area contributed by atoms with Gasteiger partial charge in [0.05, 0.1) is 0 Å². The SMILES string of the molecule is Fc1ccc(C[CH]CCc2ccc(F)cc2)cc1. The van der Waals surface area contributed by atoms with E-state index in [1.54, 1.807) is 24.3 Å². The van der Waals surface area contributed by atoms with E-state index in [-0.39, 0.29) is 11.6 Å². The van der Waals surface area contributed by atoms with Crippen molar-refractivity contribution in [2.24, 2.45) is 0 Å². The number of aryl methyl sites for hydroxylation is 1. The molecule has 0 fully saturated rings. The summed E-state index contributed by atoms with van der Waals surface area (Å²) in [7, 11) is 0. The molecule has 0 bridgehead atoms. The lowest BCUT2D eigenvalue weighted by Crippen LogP contribution is -1.90. The number of hydrogen-bond donors (Lipinski definition) is 0. The fourth-order valence-corrected chi connectivity index (χ4v) is 1.81. The van der Waals surface area contributed by atoms with Crippen LogP contribution in [0.4, 0.5) is 8.78 Å². The Kier molecular flexibility index (Phi) is 4.46. The van der Waals surface area contributed by atoms with E-state index in [0.717, 1.165) is 30.4 Å². The molecule has 0 saturated carbocycles. The summed E-state index contributed by atoms with van der Waals surface area (Å²) in [5.74, 6) is -0.404. The van der Waals surface area contributed by atoms with Crippen LogP contribution in [0.15, 0.2) is 48.5 Å². The zero-order valence-electron chi connectivity index (χ0n) is 10.1. The highest BCUT2D eigenvalue weighted by molar-refractivity contribution is 5.19. The van der Waals surface area contributed by atoms with E-state index in [0.29, 0.717) is 0 Å². The fourth-order valence-electron chi connectivity index (χ4n) is 1.81. The quantitative estimate of drug-likeness (QED) is 0.687. The first-order valence-corrected chi connectivity index (χ1v) is 6.04. The molecule has 0 heterocycles. The number of benzene rings is 2. The van der Waals surface area contributed by atoms with E-state index in [4.69, 9.17) is 0 Å². The Balaban J connectivity index is 1.73. The lowest BCUT2D eigenvalue weighted by atomic mass is 10.0. The lowest BCUT2D eigenvalue weighted by molar-refractivity contribution is 0.626. The second kappa shape index (κ2) is 6.29. The molecule has 2 heteroatoms. The van der Waals surface area contributed by atoms with Crippen LogP contribution in [-0.4, -0.2) is 0 Å². The summed E-state index contributed by atoms with van der Waals surface area (Å²) in [5.41, 5.74) is 2.24. The Morgan fingerprint density at radius 1 is 0.722 bits per heavy atom. The molecule has 0 unspecified atom stereocenters. The number of hydrogen-bond acceptors (Lipinski definition) is 0. The van der Waals surface area contributed by atoms with Crippen molar-refractivity contribution in [3.8, 4) is 0 Å². The van der Waals surface area contributed by atoms with Gasteiger partial charge in [0.1, 0.15) is 11.6 Å². The molecule has 0 atom stereocenters. The minimum absolute atomic E-state index is 0.200. The van der Waals surface area contributed by atoms with Crippen LogP contribution in [0.5, 0.6) is 0 Å². The maximum absolute atomic E-state index is 12.7. The molecule has 1 radical (unpaired) electrons. The molecule has 0 aliphatic heterocycles. The predicted molar refractivity (Wildman–Crippen MR) is 69.1 cm³/mol. The average Bonchev–Trinajstić information content (AvgIpc) is 2.39. The first-order chi connectivity index (χ1) is 8.74. The molecule has 2 aromatic rings. The first-order valence-electron chi connectivity index (χ1n) is 6.04. The molecule has 93 valence electrons. The van der Waals surface area contributed by atoms with Crippen LogP contribution in [0, 0.1) is 18.1 Å². The maximum atomic E-state index is 12.7. The van der Waals surface area contributed by atoms with E-state index < -0.39 is 0 Å². The second-order valence-electron chi connectivity index (χ2n) is 4.28. The third-order valence-corrected chi connectivity index (χ3v) is 2.84. The number of rotatable bonds is 5. The Bertz CT molecular complexity index is 424. The smallest absolute Gasteiger partial charge is 0.123 e. The fraction of sp³-hybridized carbons (Fsp3) is 0.188. The topological polar surface area (TPSA) is 0 Å². The molecule has 0 saturated heterocycles. The van der Waals surface area contributed by atoms with Crippen LogP contribution >= 0.6 is 0 Å². The van der Waals surface area contributed by atoms with Crippen molar-refractivity contribution in [3.63, 3.8) is 0 Å². The van der Waals surface area contributed by atoms with Gasteiger partial charge in [0.15, 0.2) is 0 Å². The van der Waals surface area contributed by atoms with E-state index in [9.17, 15) is 8.78 Å². The minimum Gasteiger partial charge on any atom is -0.207 e. The summed E-state index contributed by atoms with van der Waals surface area (Å²) in [4.78, 5) is 0. The van der Waals surface area contributed by atoms with Gasteiger partial charge in [0.25, 0.3) is 0 Å². The zero-order valence-corrected chi connectivity index (χ0v) is 10.1. The molecule has 0 aliphatic carbocycles. The summed E-state index contributed by atoms with van der Waals surface area (Å²) in [6.07, 6.45) is 4.84. The molecule has 0 spiro atoms. The molecule has 0 N–H and O–H groups in total. The average molecular weight is 245 g/mol. The van der Waals surface area contributed by atoms with Crippen molar-refractivity contribution < 1.29 is 8.78 Å². The van der Waals surface area contributed by atoms with Gasteiger partial charge in [0, 0.05) is 0 Å². The van der Waals surface area contributed by atoms with Crippen LogP contribution < -0.4 is 0 Å². The van der Waals surface area contributed by atoms with Crippen molar-refractivity contribution in [2.75, 3.05) is 0 Å². The van der Waals surface area contributed by atoms with Crippen molar-refractivity contribution in [2.45, 2.75) is 19.3 Å². The molecule has 2 rings (SSSR count). The van der Waals surface area contributed by atoms with Gasteiger partial charge in [-0.05, 0) is 61.1 Å². The van der Waals surface area contributed by atoms with Gasteiger partial charge < -0.3 is 0 Å². The monoisotopic (exact) mass is 245 g/mol. The second-order valence-corrected chi connectivity index (χ2v) is 4.28. The van der Waals surface area contributed by atoms with Crippen LogP contribution in [0.25, 0.3) is 0 Å². The Morgan fingerprint density at radius 2 is 1.22 bits per heavy atom. The van der Waals surface area contributed by atoms with Crippen LogP contribution in [-0.2, 0) is 12.8 Å². The van der Waals surface area contributed by atoms with Crippen molar-refractivity contribution in [1.29, 1.82) is 0 Å². The van der Waals surface area contributed by atoms with Crippen molar-refractivity contribution in [1.82, 2.24) is 0 Å². The zero-order chi connectivity index (χ0) is 12.8. The summed E-state index contributed by atoms with van der Waals surface area (Å²) < 4.78 is 25.4. The van der Waals surface area contributed by atoms with Crippen LogP contribution in [0.3, 0.4) is 0 Å². The van der Waals surface area contributed by atoms with E-state index in [2.05, 4.69) is 6.42 Å². The highest BCUT2D eigenvalue weighted by atomic mass is 19.1. The molecule has 0 aliphatic rings. The molecule has 0 amide bonds. The normalized spacial score (nSPS) is 10.6. The van der Waals surface area contributed by atoms with Crippen LogP contribution in [0.1, 0.15) is 17.5 Å². The Hall–Kier alpha value is -1.70. The van der Waals surface area contributed by atoms with E-state index in [1.165, 1.54) is 24.3 Å². The number of unbranched alkanes of at least 4 members (excludes halogenated alkanes) is 1. The molecule has 2 aromatic carbocycles. The van der Waals surface area contributed by atoms with Gasteiger partial charge in [-0.15, -0.1) is 0 Å². The molecule has 0 nitrogen and oxygen atoms in total. The third kappa shape index (κ3) is 3.95. The molecule has 0 aromatic heterocycles. The largest absolute Gasteiger partial charge is 0.207 e. The van der Waals surface area contributed by atoms with Gasteiger partial charge >= 0.3 is 0 Å². The van der Waals surface area contributed by atoms with Crippen molar-refractivity contribution in [3.05, 3.63) is 77.7 Å². The van der Waals surface area contributed by atoms with E-state index in [1.807, 2.05) is 0 Å². The highest BCUT2D eigenvalue weighted by Crippen LogP contribution is 2.10. The standard InChI is InChI=1S/C16H15F2/c17-15-9-5-13(6-10-15)3-1-2-4-14-7-11-16(18)12-8-14/h1,5-12H,2-4H2. The van der Waals surface area contributed by atoms with E-state index >= 15 is 0 Å². The van der Waals surface area contributed by atoms with Gasteiger partial charge in [0.2, 0.25) is 0 Å².